The molecule has 1 aliphatic heterocycles. The van der Waals surface area contributed by atoms with Crippen molar-refractivity contribution in [3.05, 3.63) is 34.8 Å². The highest BCUT2D eigenvalue weighted by molar-refractivity contribution is 5.85. The summed E-state index contributed by atoms with van der Waals surface area (Å²) in [5.74, 6) is -0.672. The summed E-state index contributed by atoms with van der Waals surface area (Å²) in [7, 11) is 0. The molecule has 0 radical (unpaired) electrons. The maximum Gasteiger partial charge on any atom is 0.419 e. The van der Waals surface area contributed by atoms with Gasteiger partial charge in [-0.05, 0) is 18.1 Å². The third-order valence-electron chi connectivity index (χ3n) is 4.60. The zero-order valence-corrected chi connectivity index (χ0v) is 15.6. The Hall–Kier alpha value is -2.61. The largest absolute Gasteiger partial charge is 0.419 e. The number of benzene rings is 1. The number of hydrogen-bond acceptors (Lipinski definition) is 5. The number of nitrogens with zero attached hydrogens (tertiary/aromatic N) is 3. The fourth-order valence-corrected chi connectivity index (χ4v) is 3.39. The van der Waals surface area contributed by atoms with Crippen LogP contribution in [0, 0.1) is 5.92 Å². The minimum Gasteiger partial charge on any atom is -0.408 e. The van der Waals surface area contributed by atoms with Gasteiger partial charge in [0.1, 0.15) is 0 Å². The summed E-state index contributed by atoms with van der Waals surface area (Å²) in [5.41, 5.74) is 1.10. The quantitative estimate of drug-likeness (QED) is 0.829. The second-order valence-corrected chi connectivity index (χ2v) is 7.36. The first-order valence-corrected chi connectivity index (χ1v) is 9.17. The Morgan fingerprint density at radius 2 is 2.00 bits per heavy atom. The van der Waals surface area contributed by atoms with Crippen LogP contribution in [0.3, 0.4) is 0 Å². The molecule has 1 aromatic carbocycles. The molecule has 0 spiro atoms. The van der Waals surface area contributed by atoms with Crippen LogP contribution < -0.4 is 5.76 Å². The van der Waals surface area contributed by atoms with Gasteiger partial charge in [0.05, 0.1) is 18.2 Å². The Morgan fingerprint density at radius 3 is 2.74 bits per heavy atom. The van der Waals surface area contributed by atoms with Crippen molar-refractivity contribution in [1.82, 2.24) is 14.4 Å². The van der Waals surface area contributed by atoms with E-state index in [1.54, 1.807) is 29.2 Å². The fourth-order valence-electron chi connectivity index (χ4n) is 3.39. The molecular formula is C19H25N3O5. The molecule has 1 unspecified atom stereocenters. The lowest BCUT2D eigenvalue weighted by Crippen LogP contribution is -2.40. The molecule has 2 aromatic rings. The van der Waals surface area contributed by atoms with Gasteiger partial charge in [-0.1, -0.05) is 26.0 Å². The highest BCUT2D eigenvalue weighted by Crippen LogP contribution is 2.13. The van der Waals surface area contributed by atoms with Crippen LogP contribution in [0.1, 0.15) is 20.3 Å². The fraction of sp³-hybridized carbons (Fsp3) is 0.526. The maximum atomic E-state index is 12.6. The number of carbonyl (C=O) groups is 2. The SMILES string of the molecule is CC(C)CN1CC(O)CN(C(=O)CCn2c(=O)oc3ccccc32)CC1=O. The second kappa shape index (κ2) is 7.96. The topological polar surface area (TPSA) is 96.0 Å². The number of carbonyl (C=O) groups excluding carboxylic acids is 2. The first-order valence-electron chi connectivity index (χ1n) is 9.17. The molecule has 1 aliphatic rings. The van der Waals surface area contributed by atoms with Crippen molar-refractivity contribution in [3.8, 4) is 0 Å². The molecule has 2 amide bonds. The van der Waals surface area contributed by atoms with E-state index in [2.05, 4.69) is 0 Å². The van der Waals surface area contributed by atoms with Gasteiger partial charge in [-0.2, -0.15) is 0 Å². The van der Waals surface area contributed by atoms with Gasteiger partial charge >= 0.3 is 5.76 Å². The molecule has 2 heterocycles. The Bertz CT molecular complexity index is 885. The zero-order chi connectivity index (χ0) is 19.6. The van der Waals surface area contributed by atoms with Crippen LogP contribution >= 0.6 is 0 Å². The molecule has 3 rings (SSSR count). The van der Waals surface area contributed by atoms with Crippen molar-refractivity contribution in [3.63, 3.8) is 0 Å². The van der Waals surface area contributed by atoms with Gasteiger partial charge in [-0.3, -0.25) is 14.2 Å². The zero-order valence-electron chi connectivity index (χ0n) is 15.6. The van der Waals surface area contributed by atoms with E-state index in [1.807, 2.05) is 13.8 Å². The normalized spacial score (nSPS) is 18.4. The van der Waals surface area contributed by atoms with Gasteiger partial charge in [0, 0.05) is 32.6 Å². The highest BCUT2D eigenvalue weighted by Gasteiger charge is 2.29. The molecule has 1 atom stereocenters. The van der Waals surface area contributed by atoms with Crippen LogP contribution in [0.4, 0.5) is 0 Å². The molecule has 0 aliphatic carbocycles. The Kier molecular flexibility index (Phi) is 5.65. The summed E-state index contributed by atoms with van der Waals surface area (Å²) in [5, 5.41) is 10.2. The number of aromatic nitrogens is 1. The Balaban J connectivity index is 1.67. The third kappa shape index (κ3) is 4.39. The summed E-state index contributed by atoms with van der Waals surface area (Å²) in [4.78, 5) is 40.0. The van der Waals surface area contributed by atoms with Crippen LogP contribution in [0.15, 0.2) is 33.5 Å². The van der Waals surface area contributed by atoms with Crippen LogP contribution in [0.5, 0.6) is 0 Å². The summed E-state index contributed by atoms with van der Waals surface area (Å²) in [6.07, 6.45) is -0.732. The molecule has 1 fully saturated rings. The van der Waals surface area contributed by atoms with E-state index in [0.29, 0.717) is 17.6 Å². The number of aryl methyl sites for hydroxylation is 1. The van der Waals surface area contributed by atoms with Gasteiger partial charge in [0.15, 0.2) is 5.58 Å². The van der Waals surface area contributed by atoms with Gasteiger partial charge < -0.3 is 19.3 Å². The number of β-amino-alcohol motifs (C(OH)–C–C–N with tert-alkyl or cyclic N) is 1. The molecule has 8 heteroatoms. The summed E-state index contributed by atoms with van der Waals surface area (Å²) < 4.78 is 6.57. The average Bonchev–Trinajstić information content (AvgIpc) is 2.85. The van der Waals surface area contributed by atoms with E-state index in [1.165, 1.54) is 9.47 Å². The number of hydrogen-bond donors (Lipinski definition) is 1. The number of para-hydroxylation sites is 2. The van der Waals surface area contributed by atoms with E-state index in [0.717, 1.165) is 0 Å². The number of amides is 2. The van der Waals surface area contributed by atoms with Crippen molar-refractivity contribution in [2.24, 2.45) is 5.92 Å². The number of aliphatic hydroxyl groups is 1. The van der Waals surface area contributed by atoms with Crippen molar-refractivity contribution in [1.29, 1.82) is 0 Å². The van der Waals surface area contributed by atoms with E-state index in [4.69, 9.17) is 4.42 Å². The van der Waals surface area contributed by atoms with Crippen molar-refractivity contribution in [2.45, 2.75) is 32.9 Å². The molecule has 1 N–H and O–H groups in total. The van der Waals surface area contributed by atoms with E-state index in [9.17, 15) is 19.5 Å². The van der Waals surface area contributed by atoms with Crippen molar-refractivity contribution >= 4 is 22.9 Å². The van der Waals surface area contributed by atoms with Gasteiger partial charge in [-0.25, -0.2) is 4.79 Å². The third-order valence-corrected chi connectivity index (χ3v) is 4.60. The summed E-state index contributed by atoms with van der Waals surface area (Å²) >= 11 is 0. The van der Waals surface area contributed by atoms with Gasteiger partial charge in [0.25, 0.3) is 0 Å². The monoisotopic (exact) mass is 375 g/mol. The molecule has 8 nitrogen and oxygen atoms in total. The van der Waals surface area contributed by atoms with Crippen molar-refractivity contribution in [2.75, 3.05) is 26.2 Å². The van der Waals surface area contributed by atoms with Gasteiger partial charge in [0.2, 0.25) is 11.8 Å². The predicted octanol–water partition coefficient (Wildman–Crippen LogP) is 0.672. The minimum absolute atomic E-state index is 0.0492. The second-order valence-electron chi connectivity index (χ2n) is 7.36. The van der Waals surface area contributed by atoms with E-state index >= 15 is 0 Å². The van der Waals surface area contributed by atoms with Crippen LogP contribution in [-0.4, -0.2) is 63.6 Å². The van der Waals surface area contributed by atoms with Crippen molar-refractivity contribution < 1.29 is 19.1 Å². The van der Waals surface area contributed by atoms with Crippen LogP contribution in [0.25, 0.3) is 11.1 Å². The molecule has 0 saturated carbocycles. The van der Waals surface area contributed by atoms with Gasteiger partial charge in [-0.15, -0.1) is 0 Å². The van der Waals surface area contributed by atoms with Crippen LogP contribution in [-0.2, 0) is 16.1 Å². The number of fused-ring (bicyclic) bond motifs is 1. The van der Waals surface area contributed by atoms with Crippen LogP contribution in [0.2, 0.25) is 0 Å². The standard InChI is InChI=1S/C19H25N3O5/c1-13(2)9-20-10-14(23)11-21(12-18(20)25)17(24)7-8-22-15-5-3-4-6-16(15)27-19(22)26/h3-6,13-14,23H,7-12H2,1-2H3. The first-order chi connectivity index (χ1) is 12.8. The summed E-state index contributed by atoms with van der Waals surface area (Å²) in [6.45, 7) is 5.00. The molecule has 27 heavy (non-hydrogen) atoms. The number of rotatable bonds is 5. The first kappa shape index (κ1) is 19.2. The lowest BCUT2D eigenvalue weighted by Gasteiger charge is -2.23. The molecule has 146 valence electrons. The predicted molar refractivity (Wildman–Crippen MR) is 99.1 cm³/mol. The number of aliphatic hydroxyl groups excluding tert-OH is 1. The molecule has 0 bridgehead atoms. The minimum atomic E-state index is -0.781. The maximum absolute atomic E-state index is 12.6. The smallest absolute Gasteiger partial charge is 0.408 e. The van der Waals surface area contributed by atoms with E-state index < -0.39 is 11.9 Å². The Morgan fingerprint density at radius 1 is 1.26 bits per heavy atom. The lowest BCUT2D eigenvalue weighted by molar-refractivity contribution is -0.139. The lowest BCUT2D eigenvalue weighted by atomic mass is 10.2. The summed E-state index contributed by atoms with van der Waals surface area (Å²) in [6, 6.07) is 7.02. The number of oxazole rings is 1. The van der Waals surface area contributed by atoms with E-state index in [-0.39, 0.29) is 50.3 Å². The molecular weight excluding hydrogens is 350 g/mol. The molecule has 1 aromatic heterocycles. The highest BCUT2D eigenvalue weighted by atomic mass is 16.4. The molecule has 1 saturated heterocycles. The average molecular weight is 375 g/mol. The Labute approximate surface area is 157 Å².